The molecule has 0 aliphatic carbocycles. The van der Waals surface area contributed by atoms with Gasteiger partial charge in [0.25, 0.3) is 0 Å². The molecular weight excluding hydrogens is 336 g/mol. The average molecular weight is 359 g/mol. The summed E-state index contributed by atoms with van der Waals surface area (Å²) in [6, 6.07) is 15.2. The number of rotatable bonds is 3. The van der Waals surface area contributed by atoms with Crippen molar-refractivity contribution in [1.82, 2.24) is 4.90 Å². The van der Waals surface area contributed by atoms with Crippen LogP contribution in [0.2, 0.25) is 5.02 Å². The van der Waals surface area contributed by atoms with Gasteiger partial charge in [0.2, 0.25) is 0 Å². The van der Waals surface area contributed by atoms with Crippen LogP contribution in [0, 0.1) is 0 Å². The SMILES string of the molecule is COc1ccccc1NC(=O)N1CCCCC[C@H]1c1ccc(Cl)cc1. The quantitative estimate of drug-likeness (QED) is 0.787. The van der Waals surface area contributed by atoms with Gasteiger partial charge in [-0.25, -0.2) is 4.79 Å². The van der Waals surface area contributed by atoms with Gasteiger partial charge in [-0.15, -0.1) is 0 Å². The number of amides is 2. The van der Waals surface area contributed by atoms with E-state index in [1.807, 2.05) is 53.4 Å². The molecule has 1 heterocycles. The minimum atomic E-state index is -0.0913. The molecule has 1 aliphatic rings. The Morgan fingerprint density at radius 2 is 1.88 bits per heavy atom. The molecule has 4 nitrogen and oxygen atoms in total. The monoisotopic (exact) mass is 358 g/mol. The summed E-state index contributed by atoms with van der Waals surface area (Å²) in [4.78, 5) is 14.9. The molecule has 25 heavy (non-hydrogen) atoms. The van der Waals surface area contributed by atoms with Gasteiger partial charge in [0.1, 0.15) is 5.75 Å². The van der Waals surface area contributed by atoms with E-state index in [0.717, 1.165) is 37.8 Å². The summed E-state index contributed by atoms with van der Waals surface area (Å²) in [6.45, 7) is 0.744. The standard InChI is InChI=1S/C20H23ClN2O2/c1-25-19-9-5-4-7-17(19)22-20(24)23-14-6-2-3-8-18(23)15-10-12-16(21)13-11-15/h4-5,7,9-13,18H,2-3,6,8,14H2,1H3,(H,22,24)/t18-/m0/s1. The van der Waals surface area contributed by atoms with Gasteiger partial charge in [0, 0.05) is 11.6 Å². The maximum absolute atomic E-state index is 13.0. The number of hydrogen-bond donors (Lipinski definition) is 1. The highest BCUT2D eigenvalue weighted by molar-refractivity contribution is 6.30. The molecule has 0 saturated carbocycles. The van der Waals surface area contributed by atoms with Crippen LogP contribution in [0.25, 0.3) is 0 Å². The zero-order valence-electron chi connectivity index (χ0n) is 14.4. The molecule has 1 atom stereocenters. The third-order valence-electron chi connectivity index (χ3n) is 4.62. The minimum absolute atomic E-state index is 0.0643. The van der Waals surface area contributed by atoms with E-state index in [0.29, 0.717) is 16.5 Å². The summed E-state index contributed by atoms with van der Waals surface area (Å²) in [6.07, 6.45) is 4.23. The Labute approximate surface area is 153 Å². The van der Waals surface area contributed by atoms with E-state index in [4.69, 9.17) is 16.3 Å². The Morgan fingerprint density at radius 1 is 1.12 bits per heavy atom. The molecule has 2 aromatic rings. The van der Waals surface area contributed by atoms with Crippen LogP contribution in [-0.2, 0) is 0 Å². The van der Waals surface area contributed by atoms with Crippen LogP contribution in [0.3, 0.4) is 0 Å². The van der Waals surface area contributed by atoms with Gasteiger partial charge in [-0.05, 0) is 42.7 Å². The third-order valence-corrected chi connectivity index (χ3v) is 4.87. The predicted molar refractivity (Wildman–Crippen MR) is 101 cm³/mol. The average Bonchev–Trinajstić information content (AvgIpc) is 2.89. The zero-order chi connectivity index (χ0) is 17.6. The molecule has 1 fully saturated rings. The second-order valence-electron chi connectivity index (χ2n) is 6.24. The molecule has 0 radical (unpaired) electrons. The van der Waals surface area contributed by atoms with E-state index in [1.165, 1.54) is 0 Å². The number of benzene rings is 2. The van der Waals surface area contributed by atoms with Gasteiger partial charge >= 0.3 is 6.03 Å². The molecule has 5 heteroatoms. The summed E-state index contributed by atoms with van der Waals surface area (Å²) >= 11 is 6.02. The smallest absolute Gasteiger partial charge is 0.322 e. The minimum Gasteiger partial charge on any atom is -0.495 e. The molecule has 3 rings (SSSR count). The molecule has 132 valence electrons. The number of hydrogen-bond acceptors (Lipinski definition) is 2. The summed E-state index contributed by atoms with van der Waals surface area (Å²) in [5, 5.41) is 3.72. The van der Waals surface area contributed by atoms with Crippen LogP contribution in [0.15, 0.2) is 48.5 Å². The van der Waals surface area contributed by atoms with Gasteiger partial charge in [-0.3, -0.25) is 0 Å². The first kappa shape index (κ1) is 17.6. The lowest BCUT2D eigenvalue weighted by molar-refractivity contribution is 0.189. The van der Waals surface area contributed by atoms with Crippen LogP contribution < -0.4 is 10.1 Å². The summed E-state index contributed by atoms with van der Waals surface area (Å²) in [7, 11) is 1.60. The number of nitrogens with zero attached hydrogens (tertiary/aromatic N) is 1. The lowest BCUT2D eigenvalue weighted by atomic mass is 10.0. The van der Waals surface area contributed by atoms with Crippen molar-refractivity contribution in [3.63, 3.8) is 0 Å². The van der Waals surface area contributed by atoms with E-state index < -0.39 is 0 Å². The normalized spacial score (nSPS) is 17.7. The number of nitrogens with one attached hydrogen (secondary N) is 1. The maximum Gasteiger partial charge on any atom is 0.322 e. The number of likely N-dealkylation sites (tertiary alicyclic amines) is 1. The van der Waals surface area contributed by atoms with Gasteiger partial charge in [0.05, 0.1) is 18.8 Å². The van der Waals surface area contributed by atoms with Gasteiger partial charge in [0.15, 0.2) is 0 Å². The first-order valence-corrected chi connectivity index (χ1v) is 9.03. The van der Waals surface area contributed by atoms with E-state index in [1.54, 1.807) is 7.11 Å². The van der Waals surface area contributed by atoms with Gasteiger partial charge in [-0.2, -0.15) is 0 Å². The second-order valence-corrected chi connectivity index (χ2v) is 6.68. The van der Waals surface area contributed by atoms with Crippen molar-refractivity contribution in [3.8, 4) is 5.75 Å². The fourth-order valence-corrected chi connectivity index (χ4v) is 3.44. The van der Waals surface area contributed by atoms with Crippen molar-refractivity contribution in [1.29, 1.82) is 0 Å². The third kappa shape index (κ3) is 4.26. The lowest BCUT2D eigenvalue weighted by Gasteiger charge is -2.31. The number of urea groups is 1. The number of para-hydroxylation sites is 2. The first-order valence-electron chi connectivity index (χ1n) is 8.65. The first-order chi connectivity index (χ1) is 12.2. The summed E-state index contributed by atoms with van der Waals surface area (Å²) in [5.74, 6) is 0.661. The summed E-state index contributed by atoms with van der Waals surface area (Å²) < 4.78 is 5.33. The Balaban J connectivity index is 1.83. The molecule has 1 N–H and O–H groups in total. The Hall–Kier alpha value is -2.20. The Kier molecular flexibility index (Phi) is 5.82. The van der Waals surface area contributed by atoms with Crippen LogP contribution in [0.5, 0.6) is 5.75 Å². The van der Waals surface area contributed by atoms with Crippen molar-refractivity contribution >= 4 is 23.3 Å². The van der Waals surface area contributed by atoms with Crippen molar-refractivity contribution in [2.24, 2.45) is 0 Å². The van der Waals surface area contributed by atoms with Gasteiger partial charge in [-0.1, -0.05) is 48.7 Å². The number of anilines is 1. The zero-order valence-corrected chi connectivity index (χ0v) is 15.1. The molecule has 2 amide bonds. The molecule has 0 aromatic heterocycles. The largest absolute Gasteiger partial charge is 0.495 e. The Bertz CT molecular complexity index is 718. The second kappa shape index (κ2) is 8.26. The van der Waals surface area contributed by atoms with Crippen molar-refractivity contribution in [2.75, 3.05) is 19.0 Å². The van der Waals surface area contributed by atoms with Crippen LogP contribution in [0.1, 0.15) is 37.3 Å². The highest BCUT2D eigenvalue weighted by Gasteiger charge is 2.27. The highest BCUT2D eigenvalue weighted by Crippen LogP contribution is 2.32. The number of carbonyl (C=O) groups is 1. The van der Waals surface area contributed by atoms with E-state index in [9.17, 15) is 4.79 Å². The Morgan fingerprint density at radius 3 is 2.64 bits per heavy atom. The van der Waals surface area contributed by atoms with Crippen molar-refractivity contribution in [2.45, 2.75) is 31.7 Å². The number of halogens is 1. The molecular formula is C20H23ClN2O2. The van der Waals surface area contributed by atoms with Crippen molar-refractivity contribution in [3.05, 3.63) is 59.1 Å². The molecule has 0 bridgehead atoms. The van der Waals surface area contributed by atoms with Crippen molar-refractivity contribution < 1.29 is 9.53 Å². The fourth-order valence-electron chi connectivity index (χ4n) is 3.32. The molecule has 1 aliphatic heterocycles. The molecule has 0 spiro atoms. The molecule has 2 aromatic carbocycles. The topological polar surface area (TPSA) is 41.6 Å². The predicted octanol–water partition coefficient (Wildman–Crippen LogP) is 5.50. The fraction of sp³-hybridized carbons (Fsp3) is 0.350. The van der Waals surface area contributed by atoms with E-state index >= 15 is 0 Å². The van der Waals surface area contributed by atoms with Crippen LogP contribution >= 0.6 is 11.6 Å². The number of methoxy groups -OCH3 is 1. The van der Waals surface area contributed by atoms with E-state index in [2.05, 4.69) is 5.32 Å². The molecule has 1 saturated heterocycles. The highest BCUT2D eigenvalue weighted by atomic mass is 35.5. The van der Waals surface area contributed by atoms with Gasteiger partial charge < -0.3 is 15.0 Å². The van der Waals surface area contributed by atoms with Crippen LogP contribution in [0.4, 0.5) is 10.5 Å². The van der Waals surface area contributed by atoms with Crippen LogP contribution in [-0.4, -0.2) is 24.6 Å². The lowest BCUT2D eigenvalue weighted by Crippen LogP contribution is -2.38. The van der Waals surface area contributed by atoms with E-state index in [-0.39, 0.29) is 12.1 Å². The number of carbonyl (C=O) groups excluding carboxylic acids is 1. The summed E-state index contributed by atoms with van der Waals surface area (Å²) in [5.41, 5.74) is 1.82. The number of ether oxygens (including phenoxy) is 1. The molecule has 0 unspecified atom stereocenters. The maximum atomic E-state index is 13.0.